The van der Waals surface area contributed by atoms with Crippen LogP contribution in [0.4, 0.5) is 5.69 Å². The van der Waals surface area contributed by atoms with E-state index in [1.54, 1.807) is 0 Å². The fourth-order valence-corrected chi connectivity index (χ4v) is 1.21. The molecule has 0 spiro atoms. The van der Waals surface area contributed by atoms with Gasteiger partial charge in [0, 0.05) is 25.7 Å². The number of primary amides is 1. The predicted molar refractivity (Wildman–Crippen MR) is 58.3 cm³/mol. The van der Waals surface area contributed by atoms with Crippen LogP contribution in [0.3, 0.4) is 0 Å². The molecule has 0 atom stereocenters. The maximum Gasteiger partial charge on any atom is 0.219 e. The zero-order valence-corrected chi connectivity index (χ0v) is 8.66. The molecule has 3 heteroatoms. The first-order valence-electron chi connectivity index (χ1n) is 4.65. The highest BCUT2D eigenvalue weighted by Crippen LogP contribution is 2.13. The highest BCUT2D eigenvalue weighted by Gasteiger charge is 2.01. The number of hydrogen-bond donors (Lipinski definition) is 1. The van der Waals surface area contributed by atoms with Gasteiger partial charge in [-0.3, -0.25) is 4.79 Å². The Labute approximate surface area is 84.5 Å². The van der Waals surface area contributed by atoms with E-state index in [9.17, 15) is 4.79 Å². The lowest BCUT2D eigenvalue weighted by molar-refractivity contribution is -0.117. The molecule has 0 aliphatic rings. The second-order valence-electron chi connectivity index (χ2n) is 3.47. The molecule has 0 saturated carbocycles. The first-order chi connectivity index (χ1) is 6.59. The van der Waals surface area contributed by atoms with E-state index in [1.807, 2.05) is 31.0 Å². The lowest BCUT2D eigenvalue weighted by Gasteiger charge is -2.18. The van der Waals surface area contributed by atoms with Crippen molar-refractivity contribution in [2.45, 2.75) is 13.3 Å². The van der Waals surface area contributed by atoms with Gasteiger partial charge in [0.05, 0.1) is 0 Å². The van der Waals surface area contributed by atoms with Crippen molar-refractivity contribution in [2.24, 2.45) is 5.73 Å². The van der Waals surface area contributed by atoms with Gasteiger partial charge in [0.25, 0.3) is 0 Å². The van der Waals surface area contributed by atoms with E-state index in [1.165, 1.54) is 5.56 Å². The van der Waals surface area contributed by atoms with Crippen molar-refractivity contribution in [1.29, 1.82) is 0 Å². The van der Waals surface area contributed by atoms with Crippen LogP contribution in [0.15, 0.2) is 24.3 Å². The van der Waals surface area contributed by atoms with Crippen LogP contribution >= 0.6 is 0 Å². The van der Waals surface area contributed by atoms with Crippen LogP contribution in [0.1, 0.15) is 12.0 Å². The van der Waals surface area contributed by atoms with Crippen LogP contribution in [0.5, 0.6) is 0 Å². The quantitative estimate of drug-likeness (QED) is 0.781. The summed E-state index contributed by atoms with van der Waals surface area (Å²) in [4.78, 5) is 12.6. The smallest absolute Gasteiger partial charge is 0.219 e. The molecule has 3 nitrogen and oxygen atoms in total. The largest absolute Gasteiger partial charge is 0.374 e. The van der Waals surface area contributed by atoms with Gasteiger partial charge in [-0.05, 0) is 19.1 Å². The molecule has 1 amide bonds. The molecule has 0 fully saturated rings. The van der Waals surface area contributed by atoms with Crippen LogP contribution in [0, 0.1) is 6.92 Å². The number of amides is 1. The zero-order valence-electron chi connectivity index (χ0n) is 8.66. The van der Waals surface area contributed by atoms with Gasteiger partial charge in [0.2, 0.25) is 5.91 Å². The van der Waals surface area contributed by atoms with Crippen molar-refractivity contribution in [3.8, 4) is 0 Å². The number of benzene rings is 1. The van der Waals surface area contributed by atoms with Crippen LogP contribution in [-0.4, -0.2) is 19.5 Å². The van der Waals surface area contributed by atoms with E-state index in [2.05, 4.69) is 12.1 Å². The van der Waals surface area contributed by atoms with Crippen molar-refractivity contribution in [1.82, 2.24) is 0 Å². The molecule has 1 aromatic rings. The summed E-state index contributed by atoms with van der Waals surface area (Å²) >= 11 is 0. The molecule has 14 heavy (non-hydrogen) atoms. The summed E-state index contributed by atoms with van der Waals surface area (Å²) in [5, 5.41) is 0. The summed E-state index contributed by atoms with van der Waals surface area (Å²) in [5.41, 5.74) is 7.42. The van der Waals surface area contributed by atoms with Crippen molar-refractivity contribution in [3.05, 3.63) is 29.8 Å². The van der Waals surface area contributed by atoms with Gasteiger partial charge >= 0.3 is 0 Å². The molecule has 1 rings (SSSR count). The van der Waals surface area contributed by atoms with Crippen LogP contribution in [0.2, 0.25) is 0 Å². The van der Waals surface area contributed by atoms with Gasteiger partial charge < -0.3 is 10.6 Å². The van der Waals surface area contributed by atoms with Crippen LogP contribution in [-0.2, 0) is 4.79 Å². The van der Waals surface area contributed by atoms with Gasteiger partial charge in [-0.2, -0.15) is 0 Å². The average molecular weight is 192 g/mol. The average Bonchev–Trinajstić information content (AvgIpc) is 2.15. The molecule has 1 aromatic carbocycles. The molecular formula is C11H16N2O. The zero-order chi connectivity index (χ0) is 10.6. The molecule has 0 radical (unpaired) electrons. The third-order valence-electron chi connectivity index (χ3n) is 2.17. The maximum atomic E-state index is 10.6. The number of rotatable bonds is 4. The summed E-state index contributed by atoms with van der Waals surface area (Å²) < 4.78 is 0. The summed E-state index contributed by atoms with van der Waals surface area (Å²) in [6.45, 7) is 2.71. The van der Waals surface area contributed by atoms with Crippen molar-refractivity contribution >= 4 is 11.6 Å². The van der Waals surface area contributed by atoms with E-state index < -0.39 is 0 Å². The second kappa shape index (κ2) is 4.65. The van der Waals surface area contributed by atoms with Gasteiger partial charge in [-0.25, -0.2) is 0 Å². The minimum atomic E-state index is -0.260. The normalized spacial score (nSPS) is 9.86. The Morgan fingerprint density at radius 1 is 1.36 bits per heavy atom. The number of nitrogens with zero attached hydrogens (tertiary/aromatic N) is 1. The highest BCUT2D eigenvalue weighted by molar-refractivity contribution is 5.74. The van der Waals surface area contributed by atoms with E-state index in [0.29, 0.717) is 13.0 Å². The third kappa shape index (κ3) is 3.09. The fourth-order valence-electron chi connectivity index (χ4n) is 1.21. The van der Waals surface area contributed by atoms with Gasteiger partial charge in [0.1, 0.15) is 0 Å². The van der Waals surface area contributed by atoms with E-state index in [0.717, 1.165) is 5.69 Å². The molecule has 0 aliphatic heterocycles. The van der Waals surface area contributed by atoms with E-state index in [-0.39, 0.29) is 5.91 Å². The fraction of sp³-hybridized carbons (Fsp3) is 0.364. The first-order valence-corrected chi connectivity index (χ1v) is 4.65. The van der Waals surface area contributed by atoms with Crippen molar-refractivity contribution < 1.29 is 4.79 Å². The van der Waals surface area contributed by atoms with Crippen molar-refractivity contribution in [3.63, 3.8) is 0 Å². The topological polar surface area (TPSA) is 46.3 Å². The third-order valence-corrected chi connectivity index (χ3v) is 2.17. The van der Waals surface area contributed by atoms with Crippen LogP contribution < -0.4 is 10.6 Å². The molecular weight excluding hydrogens is 176 g/mol. The Kier molecular flexibility index (Phi) is 3.51. The number of hydrogen-bond acceptors (Lipinski definition) is 2. The van der Waals surface area contributed by atoms with E-state index in [4.69, 9.17) is 5.73 Å². The molecule has 0 saturated heterocycles. The van der Waals surface area contributed by atoms with Gasteiger partial charge in [-0.15, -0.1) is 0 Å². The number of anilines is 1. The monoisotopic (exact) mass is 192 g/mol. The SMILES string of the molecule is Cc1ccc(N(C)CCC(N)=O)cc1. The predicted octanol–water partition coefficient (Wildman–Crippen LogP) is 1.31. The Hall–Kier alpha value is -1.51. The Balaban J connectivity index is 2.56. The number of carbonyl (C=O) groups is 1. The van der Waals surface area contributed by atoms with Gasteiger partial charge in [0.15, 0.2) is 0 Å². The highest BCUT2D eigenvalue weighted by atomic mass is 16.1. The van der Waals surface area contributed by atoms with Crippen LogP contribution in [0.25, 0.3) is 0 Å². The second-order valence-corrected chi connectivity index (χ2v) is 3.47. The molecule has 2 N–H and O–H groups in total. The first kappa shape index (κ1) is 10.6. The summed E-state index contributed by atoms with van der Waals surface area (Å²) in [7, 11) is 1.95. The number of nitrogens with two attached hydrogens (primary N) is 1. The summed E-state index contributed by atoms with van der Waals surface area (Å²) in [6, 6.07) is 8.18. The minimum absolute atomic E-state index is 0.260. The molecule has 0 heterocycles. The molecule has 0 aliphatic carbocycles. The van der Waals surface area contributed by atoms with Gasteiger partial charge in [-0.1, -0.05) is 17.7 Å². The lowest BCUT2D eigenvalue weighted by Crippen LogP contribution is -2.23. The lowest BCUT2D eigenvalue weighted by atomic mass is 10.2. The summed E-state index contributed by atoms with van der Waals surface area (Å²) in [6.07, 6.45) is 0.393. The molecule has 0 bridgehead atoms. The Morgan fingerprint density at radius 3 is 2.43 bits per heavy atom. The molecule has 0 aromatic heterocycles. The maximum absolute atomic E-state index is 10.6. The number of carbonyl (C=O) groups excluding carboxylic acids is 1. The number of aryl methyl sites for hydroxylation is 1. The Morgan fingerprint density at radius 2 is 1.93 bits per heavy atom. The molecule has 0 unspecified atom stereocenters. The standard InChI is InChI=1S/C11H16N2O/c1-9-3-5-10(6-4-9)13(2)8-7-11(12)14/h3-6H,7-8H2,1-2H3,(H2,12,14). The minimum Gasteiger partial charge on any atom is -0.374 e. The van der Waals surface area contributed by atoms with E-state index >= 15 is 0 Å². The molecule has 76 valence electrons. The Bertz CT molecular complexity index is 306. The van der Waals surface area contributed by atoms with Crippen molar-refractivity contribution in [2.75, 3.05) is 18.5 Å². The summed E-state index contributed by atoms with van der Waals surface area (Å²) in [5.74, 6) is -0.260.